The van der Waals surface area contributed by atoms with Crippen LogP contribution in [0.15, 0.2) is 24.3 Å². The van der Waals surface area contributed by atoms with E-state index in [1.807, 2.05) is 0 Å². The molecule has 2 amide bonds. The van der Waals surface area contributed by atoms with E-state index in [0.29, 0.717) is 11.1 Å². The van der Waals surface area contributed by atoms with Crippen molar-refractivity contribution < 1.29 is 14.3 Å². The number of nitrogens with zero attached hydrogens (tertiary/aromatic N) is 1. The maximum atomic E-state index is 11.9. The monoisotopic (exact) mass is 237 g/mol. The highest BCUT2D eigenvalue weighted by Gasteiger charge is 2.44. The van der Waals surface area contributed by atoms with Crippen LogP contribution >= 0.6 is 11.6 Å². The quantitative estimate of drug-likeness (QED) is 0.442. The molecule has 4 nitrogen and oxygen atoms in total. The second kappa shape index (κ2) is 3.30. The molecule has 3 rings (SSSR count). The van der Waals surface area contributed by atoms with E-state index in [4.69, 9.17) is 16.3 Å². The number of halogens is 1. The first-order chi connectivity index (χ1) is 7.68. The average Bonchev–Trinajstić information content (AvgIpc) is 2.94. The van der Waals surface area contributed by atoms with Crippen LogP contribution in [-0.4, -0.2) is 34.9 Å². The number of epoxide rings is 1. The van der Waals surface area contributed by atoms with Crippen molar-refractivity contribution in [3.8, 4) is 0 Å². The third kappa shape index (κ3) is 1.34. The molecule has 2 aliphatic rings. The molecule has 0 bridgehead atoms. The van der Waals surface area contributed by atoms with Crippen molar-refractivity contribution in [3.05, 3.63) is 35.4 Å². The number of benzene rings is 1. The van der Waals surface area contributed by atoms with Crippen LogP contribution in [-0.2, 0) is 4.74 Å². The molecular formula is C11H8ClNO3. The van der Waals surface area contributed by atoms with Crippen molar-refractivity contribution in [1.29, 1.82) is 0 Å². The van der Waals surface area contributed by atoms with Crippen LogP contribution in [0.3, 0.4) is 0 Å². The highest BCUT2D eigenvalue weighted by atomic mass is 35.5. The summed E-state index contributed by atoms with van der Waals surface area (Å²) in [5, 5.41) is 0. The smallest absolute Gasteiger partial charge is 0.261 e. The van der Waals surface area contributed by atoms with Crippen LogP contribution in [0.2, 0.25) is 0 Å². The number of hydrogen-bond acceptors (Lipinski definition) is 3. The van der Waals surface area contributed by atoms with E-state index < -0.39 is 0 Å². The van der Waals surface area contributed by atoms with Crippen LogP contribution < -0.4 is 0 Å². The molecule has 0 saturated carbocycles. The van der Waals surface area contributed by atoms with E-state index in [2.05, 4.69) is 0 Å². The summed E-state index contributed by atoms with van der Waals surface area (Å²) in [5.74, 6) is -0.528. The minimum Gasteiger partial charge on any atom is -0.351 e. The number of amides is 2. The first-order valence-corrected chi connectivity index (χ1v) is 5.37. The van der Waals surface area contributed by atoms with Gasteiger partial charge in [0.25, 0.3) is 11.8 Å². The minimum absolute atomic E-state index is 0.219. The van der Waals surface area contributed by atoms with Crippen LogP contribution in [0.4, 0.5) is 0 Å². The van der Waals surface area contributed by atoms with E-state index >= 15 is 0 Å². The van der Waals surface area contributed by atoms with Crippen LogP contribution in [0.25, 0.3) is 0 Å². The molecule has 0 spiro atoms. The van der Waals surface area contributed by atoms with Gasteiger partial charge in [0.05, 0.1) is 17.7 Å². The Morgan fingerprint density at radius 1 is 1.19 bits per heavy atom. The van der Waals surface area contributed by atoms with Gasteiger partial charge in [0.2, 0.25) is 0 Å². The largest absolute Gasteiger partial charge is 0.351 e. The van der Waals surface area contributed by atoms with E-state index in [1.165, 1.54) is 4.90 Å². The number of ether oxygens (including phenoxy) is 1. The Kier molecular flexibility index (Phi) is 2.02. The molecule has 1 fully saturated rings. The standard InChI is InChI=1S/C11H8ClNO3/c12-9-8(16-9)5-13-10(14)6-3-1-2-4-7(6)11(13)15/h1-4,8-9H,5H2. The first kappa shape index (κ1) is 9.81. The molecule has 16 heavy (non-hydrogen) atoms. The molecule has 5 heteroatoms. The zero-order valence-electron chi connectivity index (χ0n) is 8.22. The topological polar surface area (TPSA) is 49.9 Å². The number of fused-ring (bicyclic) bond motifs is 1. The van der Waals surface area contributed by atoms with Gasteiger partial charge in [0.1, 0.15) is 6.10 Å². The maximum Gasteiger partial charge on any atom is 0.261 e. The summed E-state index contributed by atoms with van der Waals surface area (Å²) in [4.78, 5) is 25.0. The van der Waals surface area contributed by atoms with Gasteiger partial charge in [0.15, 0.2) is 5.56 Å². The van der Waals surface area contributed by atoms with Gasteiger partial charge in [-0.2, -0.15) is 0 Å². The summed E-state index contributed by atoms with van der Waals surface area (Å²) in [6, 6.07) is 6.79. The summed E-state index contributed by atoms with van der Waals surface area (Å²) in [6.07, 6.45) is -0.219. The third-order valence-corrected chi connectivity index (χ3v) is 3.15. The van der Waals surface area contributed by atoms with Crippen LogP contribution in [0.5, 0.6) is 0 Å². The molecule has 0 aliphatic carbocycles. The Morgan fingerprint density at radius 3 is 2.12 bits per heavy atom. The van der Waals surface area contributed by atoms with Gasteiger partial charge in [-0.15, -0.1) is 0 Å². The van der Waals surface area contributed by atoms with E-state index in [0.717, 1.165) is 0 Å². The Bertz CT molecular complexity index is 453. The summed E-state index contributed by atoms with van der Waals surface area (Å²) in [5.41, 5.74) is 0.544. The molecule has 2 unspecified atom stereocenters. The minimum atomic E-state index is -0.371. The fourth-order valence-electron chi connectivity index (χ4n) is 1.83. The van der Waals surface area contributed by atoms with Gasteiger partial charge in [-0.25, -0.2) is 0 Å². The van der Waals surface area contributed by atoms with E-state index in [9.17, 15) is 9.59 Å². The van der Waals surface area contributed by atoms with Gasteiger partial charge in [-0.05, 0) is 12.1 Å². The van der Waals surface area contributed by atoms with Crippen molar-refractivity contribution in [1.82, 2.24) is 4.90 Å². The maximum absolute atomic E-state index is 11.9. The highest BCUT2D eigenvalue weighted by molar-refractivity contribution is 6.22. The summed E-state index contributed by atoms with van der Waals surface area (Å²) >= 11 is 5.67. The molecular weight excluding hydrogens is 230 g/mol. The fourth-order valence-corrected chi connectivity index (χ4v) is 2.04. The second-order valence-corrected chi connectivity index (χ2v) is 4.22. The van der Waals surface area contributed by atoms with Crippen molar-refractivity contribution >= 4 is 23.4 Å². The molecule has 1 saturated heterocycles. The number of hydrogen-bond donors (Lipinski definition) is 0. The average molecular weight is 238 g/mol. The fraction of sp³-hybridized carbons (Fsp3) is 0.273. The lowest BCUT2D eigenvalue weighted by molar-refractivity contribution is 0.0642. The van der Waals surface area contributed by atoms with Gasteiger partial charge in [-0.1, -0.05) is 23.7 Å². The normalized spacial score (nSPS) is 27.2. The lowest BCUT2D eigenvalue weighted by Crippen LogP contribution is -2.33. The van der Waals surface area contributed by atoms with Crippen molar-refractivity contribution in [2.24, 2.45) is 0 Å². The Hall–Kier alpha value is -1.39. The third-order valence-electron chi connectivity index (χ3n) is 2.76. The molecule has 1 aromatic carbocycles. The molecule has 82 valence electrons. The molecule has 1 aromatic rings. The molecule has 2 atom stereocenters. The van der Waals surface area contributed by atoms with Crippen molar-refractivity contribution in [2.75, 3.05) is 6.54 Å². The lowest BCUT2D eigenvalue weighted by Gasteiger charge is -2.11. The predicted molar refractivity (Wildman–Crippen MR) is 56.3 cm³/mol. The van der Waals surface area contributed by atoms with Gasteiger partial charge >= 0.3 is 0 Å². The van der Waals surface area contributed by atoms with E-state index in [-0.39, 0.29) is 30.0 Å². The van der Waals surface area contributed by atoms with Crippen molar-refractivity contribution in [3.63, 3.8) is 0 Å². The summed E-state index contributed by atoms with van der Waals surface area (Å²) in [6.45, 7) is 0.237. The Balaban J connectivity index is 1.89. The van der Waals surface area contributed by atoms with Crippen molar-refractivity contribution in [2.45, 2.75) is 11.7 Å². The summed E-state index contributed by atoms with van der Waals surface area (Å²) < 4.78 is 4.99. The van der Waals surface area contributed by atoms with Gasteiger partial charge in [-0.3, -0.25) is 14.5 Å². The van der Waals surface area contributed by atoms with E-state index in [1.54, 1.807) is 24.3 Å². The molecule has 2 aliphatic heterocycles. The number of alkyl halides is 1. The SMILES string of the molecule is O=C1c2ccccc2C(=O)N1CC1OC1Cl. The molecule has 0 radical (unpaired) electrons. The zero-order chi connectivity index (χ0) is 11.3. The Labute approximate surface area is 96.7 Å². The first-order valence-electron chi connectivity index (χ1n) is 4.93. The second-order valence-electron chi connectivity index (χ2n) is 3.79. The molecule has 0 N–H and O–H groups in total. The molecule has 2 heterocycles. The van der Waals surface area contributed by atoms with Crippen LogP contribution in [0.1, 0.15) is 20.7 Å². The van der Waals surface area contributed by atoms with Gasteiger partial charge in [0, 0.05) is 0 Å². The molecule has 0 aromatic heterocycles. The van der Waals surface area contributed by atoms with Crippen LogP contribution in [0, 0.1) is 0 Å². The number of carbonyl (C=O) groups is 2. The van der Waals surface area contributed by atoms with Gasteiger partial charge < -0.3 is 4.74 Å². The number of carbonyl (C=O) groups excluding carboxylic acids is 2. The number of rotatable bonds is 2. The lowest BCUT2D eigenvalue weighted by atomic mass is 10.1. The number of imide groups is 1. The predicted octanol–water partition coefficient (Wildman–Crippen LogP) is 1.25. The Morgan fingerprint density at radius 2 is 1.69 bits per heavy atom. The zero-order valence-corrected chi connectivity index (χ0v) is 8.98. The summed E-state index contributed by atoms with van der Waals surface area (Å²) in [7, 11) is 0. The highest BCUT2D eigenvalue weighted by Crippen LogP contribution is 2.30.